The number of likely N-dealkylation sites (N-methyl/N-ethyl adjacent to an activating group) is 1. The molecular weight excluding hydrogens is 334 g/mol. The zero-order valence-electron chi connectivity index (χ0n) is 9.46. The number of carbonyl (C=O) groups is 3. The summed E-state index contributed by atoms with van der Waals surface area (Å²) in [6.45, 7) is -1.37. The zero-order valence-corrected chi connectivity index (χ0v) is 13.0. The van der Waals surface area contributed by atoms with E-state index in [2.05, 4.69) is 10.6 Å². The van der Waals surface area contributed by atoms with Crippen molar-refractivity contribution in [2.45, 2.75) is 0 Å². The maximum absolute atomic E-state index is 10.1. The van der Waals surface area contributed by atoms with Crippen LogP contribution in [-0.2, 0) is 34.8 Å². The van der Waals surface area contributed by atoms with Gasteiger partial charge in [0.25, 0.3) is 0 Å². The molecule has 0 saturated carbocycles. The van der Waals surface area contributed by atoms with Crippen LogP contribution in [0.5, 0.6) is 0 Å². The number of nitrogens with zero attached hydrogens (tertiary/aromatic N) is 2. The molecule has 17 heavy (non-hydrogen) atoms. The third-order valence-corrected chi connectivity index (χ3v) is 0.936. The van der Waals surface area contributed by atoms with Crippen LogP contribution in [0.1, 0.15) is 0 Å². The van der Waals surface area contributed by atoms with Crippen molar-refractivity contribution in [2.24, 2.45) is 0 Å². The van der Waals surface area contributed by atoms with Gasteiger partial charge in [-0.2, -0.15) is 0 Å². The van der Waals surface area contributed by atoms with Crippen molar-refractivity contribution >= 4 is 17.8 Å². The number of carboxylic acid groups (broad SMARTS) is 1. The van der Waals surface area contributed by atoms with Crippen molar-refractivity contribution in [3.8, 4) is 0 Å². The number of hydrogen-bond donors (Lipinski definition) is 0. The Morgan fingerprint density at radius 3 is 1.71 bits per heavy atom. The minimum absolute atomic E-state index is 0. The Morgan fingerprint density at radius 2 is 1.53 bits per heavy atom. The van der Waals surface area contributed by atoms with Crippen molar-refractivity contribution in [1.29, 1.82) is 0 Å². The molecule has 2 N–H and O–H groups in total. The number of hydrogen-bond acceptors (Lipinski definition) is 4. The SMILES string of the molecule is C[N-]C(=O)C[NH-].[NH-]CC(=O)[N-]CC(=O)[O-].[Na+].[Pd]. The minimum Gasteiger partial charge on any atom is -0.673 e. The smallest absolute Gasteiger partial charge is 0.673 e. The van der Waals surface area contributed by atoms with Gasteiger partial charge in [0, 0.05) is 38.2 Å². The van der Waals surface area contributed by atoms with E-state index in [9.17, 15) is 19.5 Å². The van der Waals surface area contributed by atoms with Crippen molar-refractivity contribution in [3.05, 3.63) is 22.1 Å². The molecule has 0 aromatic rings. The summed E-state index contributed by atoms with van der Waals surface area (Å²) < 4.78 is 0. The van der Waals surface area contributed by atoms with E-state index in [1.54, 1.807) is 0 Å². The van der Waals surface area contributed by atoms with Gasteiger partial charge in [0.1, 0.15) is 0 Å². The third kappa shape index (κ3) is 25.9. The molecule has 0 atom stereocenters. The molecule has 0 aliphatic rings. The van der Waals surface area contributed by atoms with E-state index in [1.165, 1.54) is 7.05 Å². The molecular formula is C7H11N4NaO4Pd-4. The van der Waals surface area contributed by atoms with Crippen molar-refractivity contribution < 1.29 is 69.5 Å². The van der Waals surface area contributed by atoms with Gasteiger partial charge in [-0.3, -0.25) is 0 Å². The third-order valence-electron chi connectivity index (χ3n) is 0.936. The van der Waals surface area contributed by atoms with Crippen LogP contribution in [0.4, 0.5) is 0 Å². The number of aliphatic carboxylic acids is 1. The first kappa shape index (κ1) is 25.7. The van der Waals surface area contributed by atoms with Gasteiger partial charge in [0.05, 0.1) is 0 Å². The van der Waals surface area contributed by atoms with E-state index in [4.69, 9.17) is 11.5 Å². The average molecular weight is 345 g/mol. The number of rotatable bonds is 4. The number of nitrogens with one attached hydrogen (secondary N) is 2. The van der Waals surface area contributed by atoms with Crippen LogP contribution < -0.4 is 34.7 Å². The summed E-state index contributed by atoms with van der Waals surface area (Å²) in [5.74, 6) is -2.51. The van der Waals surface area contributed by atoms with Gasteiger partial charge >= 0.3 is 29.6 Å². The van der Waals surface area contributed by atoms with Crippen LogP contribution in [0.25, 0.3) is 22.1 Å². The van der Waals surface area contributed by atoms with Gasteiger partial charge in [-0.15, -0.1) is 20.1 Å². The second-order valence-corrected chi connectivity index (χ2v) is 2.05. The molecule has 98 valence electrons. The summed E-state index contributed by atoms with van der Waals surface area (Å²) in [5.41, 5.74) is 12.8. The van der Waals surface area contributed by atoms with Crippen LogP contribution >= 0.6 is 0 Å². The van der Waals surface area contributed by atoms with E-state index in [0.717, 1.165) is 0 Å². The predicted molar refractivity (Wildman–Crippen MR) is 50.9 cm³/mol. The summed E-state index contributed by atoms with van der Waals surface area (Å²) in [5, 5.41) is 15.7. The fourth-order valence-corrected chi connectivity index (χ4v) is 0.288. The zero-order chi connectivity index (χ0) is 12.3. The van der Waals surface area contributed by atoms with Crippen LogP contribution in [0.3, 0.4) is 0 Å². The van der Waals surface area contributed by atoms with Crippen LogP contribution in [-0.4, -0.2) is 44.5 Å². The molecule has 0 bridgehead atoms. The first-order chi connectivity index (χ1) is 6.97. The van der Waals surface area contributed by atoms with Crippen LogP contribution in [0, 0.1) is 0 Å². The largest absolute Gasteiger partial charge is 1.00 e. The van der Waals surface area contributed by atoms with Gasteiger partial charge in [0.2, 0.25) is 0 Å². The molecule has 2 amide bonds. The summed E-state index contributed by atoms with van der Waals surface area (Å²) in [7, 11) is 1.39. The summed E-state index contributed by atoms with van der Waals surface area (Å²) in [4.78, 5) is 29.5. The fraction of sp³-hybridized carbons (Fsp3) is 0.571. The summed E-state index contributed by atoms with van der Waals surface area (Å²) in [6.07, 6.45) is 0. The van der Waals surface area contributed by atoms with Gasteiger partial charge in [-0.25, -0.2) is 0 Å². The maximum Gasteiger partial charge on any atom is 1.00 e. The molecule has 0 radical (unpaired) electrons. The van der Waals surface area contributed by atoms with Gasteiger partial charge in [-0.05, 0) is 0 Å². The Morgan fingerprint density at radius 1 is 1.12 bits per heavy atom. The first-order valence-corrected chi connectivity index (χ1v) is 3.79. The molecule has 0 aromatic carbocycles. The molecule has 0 aliphatic carbocycles. The van der Waals surface area contributed by atoms with E-state index in [1.807, 2.05) is 0 Å². The Labute approximate surface area is 135 Å². The van der Waals surface area contributed by atoms with Crippen molar-refractivity contribution in [2.75, 3.05) is 26.7 Å². The topological polar surface area (TPSA) is 150 Å². The Balaban J connectivity index is -0.0000000945. The predicted octanol–water partition coefficient (Wildman–Crippen LogP) is -3.74. The monoisotopic (exact) mass is 344 g/mol. The first-order valence-electron chi connectivity index (χ1n) is 3.79. The molecule has 0 unspecified atom stereocenters. The Kier molecular flexibility index (Phi) is 27.8. The Bertz CT molecular complexity index is 224. The molecule has 0 rings (SSSR count). The molecule has 0 spiro atoms. The van der Waals surface area contributed by atoms with Crippen LogP contribution in [0.2, 0.25) is 0 Å². The standard InChI is InChI=1S/C4H7N2O3.C3H7N2O.Na.Pd/c5-1-3(7)6-2-4(8)9;1-5-3(6)2-4;;/h5H,1-2H2,(H2,6,7,8,9);4H,2H2,1H3,(H,5,6);;/q2*-1;+1;/p-3. The van der Waals surface area contributed by atoms with E-state index in [-0.39, 0.29) is 62.4 Å². The average Bonchev–Trinajstić information content (AvgIpc) is 2.25. The molecule has 0 fully saturated rings. The molecule has 0 aliphatic heterocycles. The second-order valence-electron chi connectivity index (χ2n) is 2.05. The molecule has 8 nitrogen and oxygen atoms in total. The fourth-order valence-electron chi connectivity index (χ4n) is 0.288. The van der Waals surface area contributed by atoms with Crippen molar-refractivity contribution in [3.63, 3.8) is 0 Å². The van der Waals surface area contributed by atoms with E-state index >= 15 is 0 Å². The number of carboxylic acids is 1. The van der Waals surface area contributed by atoms with Gasteiger partial charge < -0.3 is 41.6 Å². The molecule has 0 saturated heterocycles. The van der Waals surface area contributed by atoms with Crippen LogP contribution in [0.15, 0.2) is 0 Å². The van der Waals surface area contributed by atoms with E-state index < -0.39 is 25.0 Å². The van der Waals surface area contributed by atoms with Gasteiger partial charge in [-0.1, -0.05) is 6.54 Å². The quantitative estimate of drug-likeness (QED) is 0.481. The molecule has 10 heteroatoms. The second kappa shape index (κ2) is 18.4. The number of carbonyl (C=O) groups excluding carboxylic acids is 3. The molecule has 0 aromatic heterocycles. The summed E-state index contributed by atoms with van der Waals surface area (Å²) >= 11 is 0. The molecule has 0 heterocycles. The Hall–Kier alpha value is -0.00766. The number of amides is 2. The minimum atomic E-state index is -1.41. The summed E-state index contributed by atoms with van der Waals surface area (Å²) in [6, 6.07) is 0. The van der Waals surface area contributed by atoms with E-state index in [0.29, 0.717) is 0 Å². The van der Waals surface area contributed by atoms with Gasteiger partial charge in [0.15, 0.2) is 0 Å². The maximum atomic E-state index is 10.1. The normalized spacial score (nSPS) is 7.24. The van der Waals surface area contributed by atoms with Crippen molar-refractivity contribution in [1.82, 2.24) is 0 Å².